The first-order valence-corrected chi connectivity index (χ1v) is 6.77. The lowest BCUT2D eigenvalue weighted by atomic mass is 10.0. The minimum atomic E-state index is -1.00. The summed E-state index contributed by atoms with van der Waals surface area (Å²) in [7, 11) is 1.26. The van der Waals surface area contributed by atoms with Gasteiger partial charge in [0, 0.05) is 13.1 Å². The normalized spacial score (nSPS) is 21.6. The predicted octanol–water partition coefficient (Wildman–Crippen LogP) is 0.786. The average Bonchev–Trinajstić information content (AvgIpc) is 2.79. The summed E-state index contributed by atoms with van der Waals surface area (Å²) < 4.78 is 4.57. The van der Waals surface area contributed by atoms with Crippen molar-refractivity contribution in [1.82, 2.24) is 9.80 Å². The van der Waals surface area contributed by atoms with Gasteiger partial charge in [0.2, 0.25) is 0 Å². The van der Waals surface area contributed by atoms with Gasteiger partial charge in [0.25, 0.3) is 0 Å². The molecule has 7 heteroatoms. The SMILES string of the molecule is CCCN(CC(=O)OC)C(=O)N1CCC(C)C1C(=O)O. The van der Waals surface area contributed by atoms with Gasteiger partial charge in [-0.05, 0) is 18.8 Å². The summed E-state index contributed by atoms with van der Waals surface area (Å²) in [5.74, 6) is -1.60. The number of hydrogen-bond acceptors (Lipinski definition) is 4. The highest BCUT2D eigenvalue weighted by Gasteiger charge is 2.41. The number of esters is 1. The second kappa shape index (κ2) is 7.12. The number of methoxy groups -OCH3 is 1. The van der Waals surface area contributed by atoms with Gasteiger partial charge in [-0.25, -0.2) is 9.59 Å². The molecular formula is C13H22N2O5. The number of carbonyl (C=O) groups excluding carboxylic acids is 2. The molecule has 0 aromatic rings. The Morgan fingerprint density at radius 3 is 2.55 bits per heavy atom. The Bertz CT molecular complexity index is 385. The number of rotatable bonds is 5. The van der Waals surface area contributed by atoms with Gasteiger partial charge in [-0.3, -0.25) is 4.79 Å². The van der Waals surface area contributed by atoms with Crippen LogP contribution in [0.4, 0.5) is 4.79 Å². The van der Waals surface area contributed by atoms with Gasteiger partial charge in [0.15, 0.2) is 0 Å². The number of ether oxygens (including phenoxy) is 1. The quantitative estimate of drug-likeness (QED) is 0.755. The average molecular weight is 286 g/mol. The molecule has 1 aliphatic heterocycles. The van der Waals surface area contributed by atoms with Crippen molar-refractivity contribution >= 4 is 18.0 Å². The maximum absolute atomic E-state index is 12.4. The minimum Gasteiger partial charge on any atom is -0.480 e. The van der Waals surface area contributed by atoms with E-state index in [0.717, 1.165) is 0 Å². The van der Waals surface area contributed by atoms with Crippen molar-refractivity contribution in [3.05, 3.63) is 0 Å². The van der Waals surface area contributed by atoms with Crippen LogP contribution in [-0.2, 0) is 14.3 Å². The third kappa shape index (κ3) is 3.61. The Morgan fingerprint density at radius 2 is 2.05 bits per heavy atom. The molecule has 2 amide bonds. The molecule has 7 nitrogen and oxygen atoms in total. The molecular weight excluding hydrogens is 264 g/mol. The van der Waals surface area contributed by atoms with Crippen LogP contribution in [0.5, 0.6) is 0 Å². The number of urea groups is 1. The van der Waals surface area contributed by atoms with E-state index in [2.05, 4.69) is 4.74 Å². The molecule has 1 fully saturated rings. The summed E-state index contributed by atoms with van der Waals surface area (Å²) in [6.45, 7) is 4.35. The number of nitrogens with zero attached hydrogens (tertiary/aromatic N) is 2. The molecule has 1 rings (SSSR count). The van der Waals surface area contributed by atoms with Crippen molar-refractivity contribution < 1.29 is 24.2 Å². The van der Waals surface area contributed by atoms with E-state index in [1.165, 1.54) is 16.9 Å². The number of amides is 2. The fraction of sp³-hybridized carbons (Fsp3) is 0.769. The largest absolute Gasteiger partial charge is 0.480 e. The molecule has 20 heavy (non-hydrogen) atoms. The zero-order chi connectivity index (χ0) is 15.3. The zero-order valence-corrected chi connectivity index (χ0v) is 12.2. The second-order valence-corrected chi connectivity index (χ2v) is 5.02. The highest BCUT2D eigenvalue weighted by Crippen LogP contribution is 2.25. The Kier molecular flexibility index (Phi) is 5.79. The Labute approximate surface area is 118 Å². The third-order valence-corrected chi connectivity index (χ3v) is 3.51. The number of carboxylic acid groups (broad SMARTS) is 1. The molecule has 1 heterocycles. The fourth-order valence-electron chi connectivity index (χ4n) is 2.45. The zero-order valence-electron chi connectivity index (χ0n) is 12.2. The smallest absolute Gasteiger partial charge is 0.326 e. The van der Waals surface area contributed by atoms with Crippen LogP contribution < -0.4 is 0 Å². The predicted molar refractivity (Wildman–Crippen MR) is 71.2 cm³/mol. The van der Waals surface area contributed by atoms with Crippen LogP contribution in [0.25, 0.3) is 0 Å². The monoisotopic (exact) mass is 286 g/mol. The van der Waals surface area contributed by atoms with Gasteiger partial charge >= 0.3 is 18.0 Å². The summed E-state index contributed by atoms with van der Waals surface area (Å²) in [6.07, 6.45) is 1.34. The molecule has 1 N–H and O–H groups in total. The van der Waals surface area contributed by atoms with Crippen LogP contribution in [0.3, 0.4) is 0 Å². The second-order valence-electron chi connectivity index (χ2n) is 5.02. The highest BCUT2D eigenvalue weighted by atomic mass is 16.5. The van der Waals surface area contributed by atoms with Crippen LogP contribution in [0.15, 0.2) is 0 Å². The van der Waals surface area contributed by atoms with Gasteiger partial charge in [-0.1, -0.05) is 13.8 Å². The Morgan fingerprint density at radius 1 is 1.40 bits per heavy atom. The lowest BCUT2D eigenvalue weighted by Crippen LogP contribution is -2.50. The van der Waals surface area contributed by atoms with E-state index in [1.54, 1.807) is 0 Å². The van der Waals surface area contributed by atoms with Crippen molar-refractivity contribution in [3.63, 3.8) is 0 Å². The summed E-state index contributed by atoms with van der Waals surface area (Å²) in [5.41, 5.74) is 0. The van der Waals surface area contributed by atoms with Gasteiger partial charge < -0.3 is 19.6 Å². The molecule has 0 saturated carbocycles. The van der Waals surface area contributed by atoms with E-state index in [9.17, 15) is 19.5 Å². The van der Waals surface area contributed by atoms with Crippen molar-refractivity contribution in [2.45, 2.75) is 32.7 Å². The van der Waals surface area contributed by atoms with E-state index in [4.69, 9.17) is 0 Å². The Balaban J connectivity index is 2.83. The first-order valence-electron chi connectivity index (χ1n) is 6.77. The highest BCUT2D eigenvalue weighted by molar-refractivity contribution is 5.86. The molecule has 0 spiro atoms. The number of carboxylic acids is 1. The molecule has 114 valence electrons. The summed E-state index contributed by atoms with van der Waals surface area (Å²) in [6, 6.07) is -1.23. The molecule has 0 bridgehead atoms. The maximum Gasteiger partial charge on any atom is 0.326 e. The molecule has 1 saturated heterocycles. The van der Waals surface area contributed by atoms with E-state index < -0.39 is 24.0 Å². The summed E-state index contributed by atoms with van der Waals surface area (Å²) in [5, 5.41) is 9.24. The molecule has 0 aromatic carbocycles. The molecule has 1 aliphatic rings. The first kappa shape index (κ1) is 16.3. The van der Waals surface area contributed by atoms with Crippen molar-refractivity contribution in [3.8, 4) is 0 Å². The van der Waals surface area contributed by atoms with Gasteiger partial charge in [0.05, 0.1) is 7.11 Å². The molecule has 2 unspecified atom stereocenters. The van der Waals surface area contributed by atoms with Crippen molar-refractivity contribution in [2.75, 3.05) is 26.7 Å². The van der Waals surface area contributed by atoms with Crippen LogP contribution in [-0.4, -0.2) is 65.7 Å². The van der Waals surface area contributed by atoms with E-state index >= 15 is 0 Å². The van der Waals surface area contributed by atoms with Crippen LogP contribution in [0.2, 0.25) is 0 Å². The van der Waals surface area contributed by atoms with Gasteiger partial charge in [0.1, 0.15) is 12.6 Å². The minimum absolute atomic E-state index is 0.0851. The number of carbonyl (C=O) groups is 3. The summed E-state index contributed by atoms with van der Waals surface area (Å²) >= 11 is 0. The standard InChI is InChI=1S/C13H22N2O5/c1-4-6-14(8-10(16)20-3)13(19)15-7-5-9(2)11(15)12(17)18/h9,11H,4-8H2,1-3H3,(H,17,18). The van der Waals surface area contributed by atoms with E-state index in [0.29, 0.717) is 25.9 Å². The topological polar surface area (TPSA) is 87.2 Å². The fourth-order valence-corrected chi connectivity index (χ4v) is 2.45. The lowest BCUT2D eigenvalue weighted by Gasteiger charge is -2.30. The third-order valence-electron chi connectivity index (χ3n) is 3.51. The number of hydrogen-bond donors (Lipinski definition) is 1. The molecule has 0 radical (unpaired) electrons. The lowest BCUT2D eigenvalue weighted by molar-refractivity contribution is -0.142. The summed E-state index contributed by atoms with van der Waals surface area (Å²) in [4.78, 5) is 37.7. The maximum atomic E-state index is 12.4. The molecule has 0 aliphatic carbocycles. The molecule has 2 atom stereocenters. The van der Waals surface area contributed by atoms with Gasteiger partial charge in [-0.2, -0.15) is 0 Å². The molecule has 0 aromatic heterocycles. The van der Waals surface area contributed by atoms with Gasteiger partial charge in [-0.15, -0.1) is 0 Å². The van der Waals surface area contributed by atoms with Crippen LogP contribution >= 0.6 is 0 Å². The van der Waals surface area contributed by atoms with E-state index in [1.807, 2.05) is 13.8 Å². The van der Waals surface area contributed by atoms with Crippen LogP contribution in [0.1, 0.15) is 26.7 Å². The van der Waals surface area contributed by atoms with Crippen molar-refractivity contribution in [2.24, 2.45) is 5.92 Å². The number of aliphatic carboxylic acids is 1. The van der Waals surface area contributed by atoms with E-state index in [-0.39, 0.29) is 12.5 Å². The number of likely N-dealkylation sites (tertiary alicyclic amines) is 1. The van der Waals surface area contributed by atoms with Crippen LogP contribution in [0, 0.1) is 5.92 Å². The Hall–Kier alpha value is -1.79. The first-order chi connectivity index (χ1) is 9.42. The van der Waals surface area contributed by atoms with Crippen molar-refractivity contribution in [1.29, 1.82) is 0 Å².